The molecule has 1 fully saturated rings. The fraction of sp³-hybridized carbons (Fsp3) is 0.273. The molecule has 1 aliphatic heterocycles. The number of nitrogens with zero attached hydrogens (tertiary/aromatic N) is 1. The number of halogens is 1. The zero-order valence-electron chi connectivity index (χ0n) is 16.6. The highest BCUT2D eigenvalue weighted by atomic mass is 19.1. The molecule has 1 saturated heterocycles. The number of ketones is 1. The number of aliphatic hydroxyl groups is 1. The zero-order chi connectivity index (χ0) is 21.3. The molecular weight excluding hydrogens is 377 g/mol. The van der Waals surface area contributed by atoms with Crippen LogP contribution in [0, 0.1) is 5.82 Å². The molecule has 1 N–H and O–H groups in total. The van der Waals surface area contributed by atoms with Gasteiger partial charge < -0.3 is 19.5 Å². The first-order chi connectivity index (χ1) is 13.7. The molecule has 152 valence electrons. The number of benzene rings is 2. The van der Waals surface area contributed by atoms with E-state index >= 15 is 0 Å². The molecule has 0 spiro atoms. The Bertz CT molecular complexity index is 981. The summed E-state index contributed by atoms with van der Waals surface area (Å²) in [5, 5.41) is 10.8. The number of hydrogen-bond donors (Lipinski definition) is 1. The number of aliphatic hydroxyl groups excluding tert-OH is 1. The lowest BCUT2D eigenvalue weighted by Crippen LogP contribution is -2.24. The number of Topliss-reactive ketones (excluding diaryl/α,β-unsaturated/α-hetero) is 1. The molecule has 0 saturated carbocycles. The van der Waals surface area contributed by atoms with Gasteiger partial charge in [0.15, 0.2) is 11.6 Å². The maximum absolute atomic E-state index is 14.1. The van der Waals surface area contributed by atoms with Gasteiger partial charge in [-0.3, -0.25) is 9.59 Å². The van der Waals surface area contributed by atoms with Crippen molar-refractivity contribution >= 4 is 17.4 Å². The molecule has 3 rings (SSSR count). The summed E-state index contributed by atoms with van der Waals surface area (Å²) in [4.78, 5) is 26.2. The van der Waals surface area contributed by atoms with Gasteiger partial charge in [0, 0.05) is 12.6 Å². The van der Waals surface area contributed by atoms with Crippen LogP contribution in [0.3, 0.4) is 0 Å². The largest absolute Gasteiger partial charge is 0.507 e. The third kappa shape index (κ3) is 3.81. The molecule has 2 aromatic rings. The Kier molecular flexibility index (Phi) is 5.59. The van der Waals surface area contributed by atoms with E-state index in [-0.39, 0.29) is 23.0 Å². The SMILES string of the molecule is COc1ccc(/C(O)=C2\C(=O)C(=O)N(C)C2c2ccc(OC(C)C)cc2)cc1F. The summed E-state index contributed by atoms with van der Waals surface area (Å²) in [5.41, 5.74) is 0.609. The molecule has 1 heterocycles. The number of amides is 1. The Morgan fingerprint density at radius 2 is 1.79 bits per heavy atom. The van der Waals surface area contributed by atoms with Crippen molar-refractivity contribution in [3.8, 4) is 11.5 Å². The predicted octanol–water partition coefficient (Wildman–Crippen LogP) is 3.67. The van der Waals surface area contributed by atoms with Gasteiger partial charge in [-0.05, 0) is 49.7 Å². The highest BCUT2D eigenvalue weighted by Crippen LogP contribution is 2.39. The molecule has 2 aromatic carbocycles. The van der Waals surface area contributed by atoms with Gasteiger partial charge in [-0.25, -0.2) is 4.39 Å². The van der Waals surface area contributed by atoms with Crippen molar-refractivity contribution in [1.29, 1.82) is 0 Å². The normalized spacial score (nSPS) is 18.4. The first-order valence-corrected chi connectivity index (χ1v) is 9.09. The lowest BCUT2D eigenvalue weighted by molar-refractivity contribution is -0.139. The van der Waals surface area contributed by atoms with Gasteiger partial charge in [-0.2, -0.15) is 0 Å². The van der Waals surface area contributed by atoms with Crippen molar-refractivity contribution in [2.75, 3.05) is 14.2 Å². The summed E-state index contributed by atoms with van der Waals surface area (Å²) < 4.78 is 24.6. The maximum atomic E-state index is 14.1. The molecule has 1 atom stereocenters. The van der Waals surface area contributed by atoms with E-state index in [9.17, 15) is 19.1 Å². The van der Waals surface area contributed by atoms with Gasteiger partial charge in [-0.15, -0.1) is 0 Å². The van der Waals surface area contributed by atoms with Gasteiger partial charge in [0.05, 0.1) is 24.8 Å². The fourth-order valence-electron chi connectivity index (χ4n) is 3.31. The van der Waals surface area contributed by atoms with Crippen LogP contribution in [-0.2, 0) is 9.59 Å². The number of likely N-dealkylation sites (tertiary alicyclic amines) is 1. The van der Waals surface area contributed by atoms with Crippen LogP contribution < -0.4 is 9.47 Å². The molecule has 0 bridgehead atoms. The highest BCUT2D eigenvalue weighted by Gasteiger charge is 2.44. The van der Waals surface area contributed by atoms with Crippen LogP contribution in [0.4, 0.5) is 4.39 Å². The van der Waals surface area contributed by atoms with Crippen LogP contribution in [0.25, 0.3) is 5.76 Å². The summed E-state index contributed by atoms with van der Waals surface area (Å²) in [6.07, 6.45) is 0.00243. The number of rotatable bonds is 5. The third-order valence-electron chi connectivity index (χ3n) is 4.67. The second kappa shape index (κ2) is 7.95. The monoisotopic (exact) mass is 399 g/mol. The Morgan fingerprint density at radius 1 is 1.14 bits per heavy atom. The molecule has 29 heavy (non-hydrogen) atoms. The minimum atomic E-state index is -0.825. The minimum Gasteiger partial charge on any atom is -0.507 e. The van der Waals surface area contributed by atoms with Crippen LogP contribution in [0.2, 0.25) is 0 Å². The second-order valence-corrected chi connectivity index (χ2v) is 6.99. The predicted molar refractivity (Wildman–Crippen MR) is 105 cm³/mol. The molecule has 0 aromatic heterocycles. The van der Waals surface area contributed by atoms with E-state index in [2.05, 4.69) is 0 Å². The first-order valence-electron chi connectivity index (χ1n) is 9.09. The van der Waals surface area contributed by atoms with E-state index < -0.39 is 29.3 Å². The quantitative estimate of drug-likeness (QED) is 0.472. The molecule has 1 aliphatic rings. The van der Waals surface area contributed by atoms with Crippen molar-refractivity contribution in [3.63, 3.8) is 0 Å². The van der Waals surface area contributed by atoms with Gasteiger partial charge in [0.2, 0.25) is 0 Å². The van der Waals surface area contributed by atoms with Crippen molar-refractivity contribution < 1.29 is 28.6 Å². The second-order valence-electron chi connectivity index (χ2n) is 6.99. The van der Waals surface area contributed by atoms with E-state index in [4.69, 9.17) is 9.47 Å². The van der Waals surface area contributed by atoms with E-state index in [1.807, 2.05) is 13.8 Å². The molecule has 1 amide bonds. The lowest BCUT2D eigenvalue weighted by atomic mass is 9.95. The Balaban J connectivity index is 2.07. The van der Waals surface area contributed by atoms with Crippen LogP contribution in [0.1, 0.15) is 31.0 Å². The summed E-state index contributed by atoms with van der Waals surface area (Å²) in [5.74, 6) is -2.04. The molecule has 0 aliphatic carbocycles. The van der Waals surface area contributed by atoms with E-state index in [0.717, 1.165) is 6.07 Å². The minimum absolute atomic E-state index is 0.00243. The lowest BCUT2D eigenvalue weighted by Gasteiger charge is -2.21. The van der Waals surface area contributed by atoms with E-state index in [1.54, 1.807) is 24.3 Å². The average Bonchev–Trinajstić information content (AvgIpc) is 2.91. The van der Waals surface area contributed by atoms with Crippen molar-refractivity contribution in [2.45, 2.75) is 26.0 Å². The van der Waals surface area contributed by atoms with Crippen LogP contribution in [0.15, 0.2) is 48.0 Å². The van der Waals surface area contributed by atoms with Crippen LogP contribution >= 0.6 is 0 Å². The maximum Gasteiger partial charge on any atom is 0.295 e. The standard InChI is InChI=1S/C22H22FNO5/c1-12(2)29-15-8-5-13(6-9-15)19-18(21(26)22(27)24(19)3)20(25)14-7-10-17(28-4)16(23)11-14/h5-12,19,25H,1-4H3/b20-18+. The molecule has 1 unspecified atom stereocenters. The number of carbonyl (C=O) groups excluding carboxylic acids is 2. The van der Waals surface area contributed by atoms with Crippen molar-refractivity contribution in [2.24, 2.45) is 0 Å². The Labute approximate surface area is 168 Å². The summed E-state index contributed by atoms with van der Waals surface area (Å²) in [6, 6.07) is 9.97. The number of likely N-dealkylation sites (N-methyl/N-ethyl adjacent to an activating group) is 1. The van der Waals surface area contributed by atoms with E-state index in [0.29, 0.717) is 11.3 Å². The number of ether oxygens (including phenoxy) is 2. The summed E-state index contributed by atoms with van der Waals surface area (Å²) >= 11 is 0. The topological polar surface area (TPSA) is 76.1 Å². The van der Waals surface area contributed by atoms with Gasteiger partial charge in [-0.1, -0.05) is 12.1 Å². The molecule has 0 radical (unpaired) electrons. The van der Waals surface area contributed by atoms with Gasteiger partial charge >= 0.3 is 0 Å². The number of methoxy groups -OCH3 is 1. The third-order valence-corrected chi connectivity index (χ3v) is 4.67. The molecule has 7 heteroatoms. The van der Waals surface area contributed by atoms with Gasteiger partial charge in [0.1, 0.15) is 11.5 Å². The fourth-order valence-corrected chi connectivity index (χ4v) is 3.31. The highest BCUT2D eigenvalue weighted by molar-refractivity contribution is 6.46. The van der Waals surface area contributed by atoms with Crippen LogP contribution in [-0.4, -0.2) is 42.0 Å². The van der Waals surface area contributed by atoms with Crippen molar-refractivity contribution in [3.05, 3.63) is 65.0 Å². The first kappa shape index (κ1) is 20.4. The molecular formula is C22H22FNO5. The summed E-state index contributed by atoms with van der Waals surface area (Å²) in [7, 11) is 2.81. The number of hydrogen-bond acceptors (Lipinski definition) is 5. The average molecular weight is 399 g/mol. The van der Waals surface area contributed by atoms with Crippen molar-refractivity contribution in [1.82, 2.24) is 4.90 Å². The Morgan fingerprint density at radius 3 is 2.34 bits per heavy atom. The summed E-state index contributed by atoms with van der Waals surface area (Å²) in [6.45, 7) is 3.81. The van der Waals surface area contributed by atoms with E-state index in [1.165, 1.54) is 31.2 Å². The smallest absolute Gasteiger partial charge is 0.295 e. The Hall–Kier alpha value is -3.35. The zero-order valence-corrected chi connectivity index (χ0v) is 16.6. The van der Waals surface area contributed by atoms with Gasteiger partial charge in [0.25, 0.3) is 11.7 Å². The van der Waals surface area contributed by atoms with Crippen LogP contribution in [0.5, 0.6) is 11.5 Å². The number of carbonyl (C=O) groups is 2. The molecule has 6 nitrogen and oxygen atoms in total.